The normalized spacial score (nSPS) is 20.7. The number of halogens is 2. The Morgan fingerprint density at radius 3 is 2.48 bits per heavy atom. The first kappa shape index (κ1) is 17.0. The smallest absolute Gasteiger partial charge is 0.314 e. The van der Waals surface area contributed by atoms with Crippen LogP contribution in [0.4, 0.5) is 4.39 Å². The number of hydrogen-bond donors (Lipinski definition) is 0. The number of oxime groups is 1. The van der Waals surface area contributed by atoms with Crippen LogP contribution in [0.3, 0.4) is 0 Å². The van der Waals surface area contributed by atoms with Gasteiger partial charge < -0.3 is 4.84 Å². The van der Waals surface area contributed by atoms with Gasteiger partial charge in [-0.2, -0.15) is 0 Å². The molecule has 0 unspecified atom stereocenters. The second-order valence-corrected chi connectivity index (χ2v) is 5.89. The Morgan fingerprint density at radius 1 is 1.20 bits per heavy atom. The van der Waals surface area contributed by atoms with Crippen molar-refractivity contribution >= 4 is 23.3 Å². The third-order valence-electron chi connectivity index (χ3n) is 4.00. The molecule has 128 valence electrons. The molecule has 6 nitrogen and oxygen atoms in total. The van der Waals surface area contributed by atoms with Crippen LogP contribution in [-0.2, 0) is 9.63 Å². The molecule has 2 aromatic rings. The fourth-order valence-electron chi connectivity index (χ4n) is 2.83. The standard InChI is InChI=1S/C17H12ClFN2O4/c18-14-9-5-4-8-12(14)13(10-21(23)24)17(19)15(20-25-16(17)22)11-6-2-1-3-7-11/h1-9,13H,10H2/t13-,17+/m1/s1. The molecule has 0 spiro atoms. The Kier molecular flexibility index (Phi) is 4.50. The first-order chi connectivity index (χ1) is 11.9. The van der Waals surface area contributed by atoms with Gasteiger partial charge in [0.15, 0.2) is 0 Å². The molecule has 0 saturated heterocycles. The van der Waals surface area contributed by atoms with E-state index in [1.807, 2.05) is 0 Å². The van der Waals surface area contributed by atoms with Crippen molar-refractivity contribution in [3.05, 3.63) is 80.9 Å². The van der Waals surface area contributed by atoms with Crippen molar-refractivity contribution in [2.24, 2.45) is 5.16 Å². The van der Waals surface area contributed by atoms with Gasteiger partial charge in [0, 0.05) is 15.5 Å². The third-order valence-corrected chi connectivity index (χ3v) is 4.35. The number of benzene rings is 2. The first-order valence-electron chi connectivity index (χ1n) is 7.35. The van der Waals surface area contributed by atoms with E-state index in [2.05, 4.69) is 9.99 Å². The zero-order chi connectivity index (χ0) is 18.0. The van der Waals surface area contributed by atoms with Gasteiger partial charge >= 0.3 is 5.97 Å². The number of rotatable bonds is 5. The van der Waals surface area contributed by atoms with Gasteiger partial charge in [-0.05, 0) is 11.6 Å². The molecule has 0 radical (unpaired) electrons. The predicted octanol–water partition coefficient (Wildman–Crippen LogP) is 3.37. The van der Waals surface area contributed by atoms with Crippen LogP contribution in [0.25, 0.3) is 0 Å². The molecule has 2 atom stereocenters. The van der Waals surface area contributed by atoms with Crippen LogP contribution < -0.4 is 0 Å². The van der Waals surface area contributed by atoms with E-state index in [-0.39, 0.29) is 16.3 Å². The number of carbonyl (C=O) groups excluding carboxylic acids is 1. The lowest BCUT2D eigenvalue weighted by molar-refractivity contribution is -0.485. The maximum absolute atomic E-state index is 16.0. The van der Waals surface area contributed by atoms with E-state index in [0.717, 1.165) is 0 Å². The average Bonchev–Trinajstić information content (AvgIpc) is 2.90. The summed E-state index contributed by atoms with van der Waals surface area (Å²) in [5.41, 5.74) is -2.67. The molecular formula is C17H12ClFN2O4. The Bertz CT molecular complexity index is 859. The first-order valence-corrected chi connectivity index (χ1v) is 7.73. The highest BCUT2D eigenvalue weighted by atomic mass is 35.5. The lowest BCUT2D eigenvalue weighted by Gasteiger charge is -2.26. The summed E-state index contributed by atoms with van der Waals surface area (Å²) < 4.78 is 16.0. The highest BCUT2D eigenvalue weighted by molar-refractivity contribution is 6.31. The number of nitrogens with zero attached hydrogens (tertiary/aromatic N) is 2. The molecule has 0 aromatic heterocycles. The summed E-state index contributed by atoms with van der Waals surface area (Å²) in [7, 11) is 0. The van der Waals surface area contributed by atoms with E-state index < -0.39 is 29.0 Å². The Morgan fingerprint density at radius 2 is 1.84 bits per heavy atom. The maximum Gasteiger partial charge on any atom is 0.379 e. The molecule has 25 heavy (non-hydrogen) atoms. The van der Waals surface area contributed by atoms with Crippen molar-refractivity contribution < 1.29 is 18.9 Å². The fraction of sp³-hybridized carbons (Fsp3) is 0.176. The monoisotopic (exact) mass is 362 g/mol. The number of carbonyl (C=O) groups is 1. The average molecular weight is 363 g/mol. The zero-order valence-electron chi connectivity index (χ0n) is 12.8. The summed E-state index contributed by atoms with van der Waals surface area (Å²) in [6, 6.07) is 14.2. The molecule has 8 heteroatoms. The summed E-state index contributed by atoms with van der Waals surface area (Å²) in [4.78, 5) is 27.2. The lowest BCUT2D eigenvalue weighted by atomic mass is 9.78. The summed E-state index contributed by atoms with van der Waals surface area (Å²) >= 11 is 6.10. The number of hydrogen-bond acceptors (Lipinski definition) is 5. The van der Waals surface area contributed by atoms with E-state index in [0.29, 0.717) is 5.56 Å². The van der Waals surface area contributed by atoms with Gasteiger partial charge in [0.1, 0.15) is 11.6 Å². The van der Waals surface area contributed by atoms with Crippen molar-refractivity contribution in [2.45, 2.75) is 11.6 Å². The molecule has 0 bridgehead atoms. The fourth-order valence-corrected chi connectivity index (χ4v) is 3.10. The van der Waals surface area contributed by atoms with Crippen molar-refractivity contribution in [3.63, 3.8) is 0 Å². The van der Waals surface area contributed by atoms with Gasteiger partial charge in [-0.1, -0.05) is 65.3 Å². The quantitative estimate of drug-likeness (QED) is 0.464. The van der Waals surface area contributed by atoms with E-state index in [4.69, 9.17) is 11.6 Å². The van der Waals surface area contributed by atoms with Crippen LogP contribution in [-0.4, -0.2) is 28.8 Å². The van der Waals surface area contributed by atoms with Crippen LogP contribution in [0.5, 0.6) is 0 Å². The summed E-state index contributed by atoms with van der Waals surface area (Å²) in [5, 5.41) is 14.8. The molecule has 0 amide bonds. The molecular weight excluding hydrogens is 351 g/mol. The molecule has 0 aliphatic carbocycles. The number of alkyl halides is 1. The predicted molar refractivity (Wildman–Crippen MR) is 89.0 cm³/mol. The van der Waals surface area contributed by atoms with Crippen LogP contribution in [0.15, 0.2) is 59.8 Å². The third kappa shape index (κ3) is 2.98. The second-order valence-electron chi connectivity index (χ2n) is 5.49. The molecule has 2 aromatic carbocycles. The Balaban J connectivity index is 2.15. The Labute approximate surface area is 147 Å². The summed E-state index contributed by atoms with van der Waals surface area (Å²) in [6.07, 6.45) is 0. The minimum Gasteiger partial charge on any atom is -0.314 e. The van der Waals surface area contributed by atoms with E-state index >= 15 is 4.39 Å². The molecule has 0 fully saturated rings. The number of nitro groups is 1. The highest BCUT2D eigenvalue weighted by Gasteiger charge is 2.59. The summed E-state index contributed by atoms with van der Waals surface area (Å²) in [6.45, 7) is -0.846. The van der Waals surface area contributed by atoms with Gasteiger partial charge in [-0.3, -0.25) is 10.1 Å². The topological polar surface area (TPSA) is 81.8 Å². The Hall–Kier alpha value is -2.80. The zero-order valence-corrected chi connectivity index (χ0v) is 13.5. The highest BCUT2D eigenvalue weighted by Crippen LogP contribution is 2.42. The van der Waals surface area contributed by atoms with E-state index in [9.17, 15) is 14.9 Å². The van der Waals surface area contributed by atoms with E-state index in [1.165, 1.54) is 12.1 Å². The maximum atomic E-state index is 16.0. The minimum atomic E-state index is -2.82. The molecule has 0 N–H and O–H groups in total. The van der Waals surface area contributed by atoms with Crippen molar-refractivity contribution in [3.8, 4) is 0 Å². The molecule has 3 rings (SSSR count). The molecule has 1 heterocycles. The SMILES string of the molecule is O=C1ON=C(c2ccccc2)[C@@]1(F)[C@H](C[N+](=O)[O-])c1ccccc1Cl. The molecule has 1 aliphatic rings. The van der Waals surface area contributed by atoms with Crippen molar-refractivity contribution in [1.82, 2.24) is 0 Å². The van der Waals surface area contributed by atoms with E-state index in [1.54, 1.807) is 42.5 Å². The minimum absolute atomic E-state index is 0.124. The largest absolute Gasteiger partial charge is 0.379 e. The van der Waals surface area contributed by atoms with Crippen LogP contribution in [0.1, 0.15) is 17.0 Å². The van der Waals surface area contributed by atoms with Gasteiger partial charge in [-0.25, -0.2) is 9.18 Å². The van der Waals surface area contributed by atoms with Gasteiger partial charge in [0.25, 0.3) is 5.67 Å². The van der Waals surface area contributed by atoms with Crippen LogP contribution >= 0.6 is 11.6 Å². The second kappa shape index (κ2) is 6.60. The van der Waals surface area contributed by atoms with Gasteiger partial charge in [0.2, 0.25) is 6.54 Å². The molecule has 1 aliphatic heterocycles. The van der Waals surface area contributed by atoms with Crippen molar-refractivity contribution in [2.75, 3.05) is 6.54 Å². The molecule has 0 saturated carbocycles. The van der Waals surface area contributed by atoms with Gasteiger partial charge in [-0.15, -0.1) is 0 Å². The van der Waals surface area contributed by atoms with Crippen LogP contribution in [0, 0.1) is 10.1 Å². The van der Waals surface area contributed by atoms with Crippen LogP contribution in [0.2, 0.25) is 5.02 Å². The lowest BCUT2D eigenvalue weighted by Crippen LogP contribution is -2.47. The summed E-state index contributed by atoms with van der Waals surface area (Å²) in [5.74, 6) is -2.77. The van der Waals surface area contributed by atoms with Gasteiger partial charge in [0.05, 0.1) is 0 Å². The van der Waals surface area contributed by atoms with Crippen molar-refractivity contribution in [1.29, 1.82) is 0 Å².